The molecule has 0 spiro atoms. The molecular weight excluding hydrogens is 198 g/mol. The second kappa shape index (κ2) is 3.41. The minimum Gasteiger partial charge on any atom is -0.394 e. The number of hydrogen-bond donors (Lipinski definition) is 1. The lowest BCUT2D eigenvalue weighted by atomic mass is 10.1. The van der Waals surface area contributed by atoms with Crippen molar-refractivity contribution in [1.82, 2.24) is 5.16 Å². The number of nitrogens with two attached hydrogens (primary N) is 1. The Hall–Kier alpha value is -2.37. The van der Waals surface area contributed by atoms with Crippen LogP contribution in [0.15, 0.2) is 35.0 Å². The summed E-state index contributed by atoms with van der Waals surface area (Å²) in [6.45, 7) is 0. The van der Waals surface area contributed by atoms with Crippen molar-refractivity contribution < 1.29 is 9.45 Å². The van der Waals surface area contributed by atoms with E-state index in [4.69, 9.17) is 10.3 Å². The Kier molecular flexibility index (Phi) is 2.09. The van der Waals surface area contributed by atoms with Crippen LogP contribution >= 0.6 is 0 Å². The first-order valence-electron chi connectivity index (χ1n) is 4.13. The van der Waals surface area contributed by atoms with Gasteiger partial charge in [0.1, 0.15) is 5.69 Å². The van der Waals surface area contributed by atoms with Gasteiger partial charge in [-0.3, -0.25) is 10.1 Å². The van der Waals surface area contributed by atoms with Crippen LogP contribution in [0.4, 0.5) is 11.4 Å². The Bertz CT molecular complexity index is 507. The first kappa shape index (κ1) is 9.20. The van der Waals surface area contributed by atoms with Crippen LogP contribution < -0.4 is 5.73 Å². The fraction of sp³-hybridized carbons (Fsp3) is 0. The summed E-state index contributed by atoms with van der Waals surface area (Å²) in [6, 6.07) is 6.02. The Morgan fingerprint density at radius 1 is 1.47 bits per heavy atom. The molecule has 0 amide bonds. The van der Waals surface area contributed by atoms with E-state index in [9.17, 15) is 10.1 Å². The van der Waals surface area contributed by atoms with Crippen LogP contribution in [0.25, 0.3) is 11.3 Å². The number of hydrogen-bond acceptors (Lipinski definition) is 5. The molecule has 2 rings (SSSR count). The molecule has 0 radical (unpaired) electrons. The van der Waals surface area contributed by atoms with Crippen molar-refractivity contribution in [2.24, 2.45) is 0 Å². The number of non-ortho nitro benzene ring substituents is 1. The minimum absolute atomic E-state index is 0.0108. The van der Waals surface area contributed by atoms with Gasteiger partial charge in [0.25, 0.3) is 5.69 Å². The van der Waals surface area contributed by atoms with Crippen molar-refractivity contribution in [3.63, 3.8) is 0 Å². The molecule has 0 fully saturated rings. The number of nitro benzene ring substituents is 1. The van der Waals surface area contributed by atoms with Crippen LogP contribution in [0.1, 0.15) is 0 Å². The third-order valence-electron chi connectivity index (χ3n) is 1.92. The van der Waals surface area contributed by atoms with Gasteiger partial charge in [-0.25, -0.2) is 0 Å². The highest BCUT2D eigenvalue weighted by molar-refractivity contribution is 5.71. The van der Waals surface area contributed by atoms with Gasteiger partial charge >= 0.3 is 0 Å². The van der Waals surface area contributed by atoms with Crippen LogP contribution in [0.2, 0.25) is 0 Å². The normalized spacial score (nSPS) is 10.1. The number of nitrogens with zero attached hydrogens (tertiary/aromatic N) is 2. The number of nitro groups is 1. The van der Waals surface area contributed by atoms with Gasteiger partial charge in [0, 0.05) is 17.7 Å². The summed E-state index contributed by atoms with van der Waals surface area (Å²) < 4.78 is 4.89. The average Bonchev–Trinajstić information content (AvgIpc) is 2.64. The van der Waals surface area contributed by atoms with Crippen LogP contribution in [-0.4, -0.2) is 10.1 Å². The summed E-state index contributed by atoms with van der Waals surface area (Å²) in [7, 11) is 0. The monoisotopic (exact) mass is 205 g/mol. The van der Waals surface area contributed by atoms with Gasteiger partial charge < -0.3 is 10.3 Å². The molecule has 0 bridgehead atoms. The van der Waals surface area contributed by atoms with Crippen molar-refractivity contribution in [3.8, 4) is 11.3 Å². The Morgan fingerprint density at radius 3 is 2.87 bits per heavy atom. The standard InChI is InChI=1S/C9H7N3O3/c10-8-5-11-15-9(8)6-2-1-3-7(4-6)12(13)14/h1-5H,10H2. The summed E-state index contributed by atoms with van der Waals surface area (Å²) in [5.74, 6) is 0.346. The molecule has 0 saturated heterocycles. The van der Waals surface area contributed by atoms with Crippen molar-refractivity contribution in [1.29, 1.82) is 0 Å². The lowest BCUT2D eigenvalue weighted by Gasteiger charge is -1.96. The molecule has 2 aromatic rings. The quantitative estimate of drug-likeness (QED) is 0.596. The maximum absolute atomic E-state index is 10.5. The molecule has 0 unspecified atom stereocenters. The number of anilines is 1. The summed E-state index contributed by atoms with van der Waals surface area (Å²) in [4.78, 5) is 10.1. The first-order valence-corrected chi connectivity index (χ1v) is 4.13. The highest BCUT2D eigenvalue weighted by atomic mass is 16.6. The molecule has 0 aliphatic carbocycles. The predicted molar refractivity (Wildman–Crippen MR) is 53.0 cm³/mol. The SMILES string of the molecule is Nc1cnoc1-c1cccc([N+](=O)[O-])c1. The number of aromatic nitrogens is 1. The Morgan fingerprint density at radius 2 is 2.27 bits per heavy atom. The highest BCUT2D eigenvalue weighted by Gasteiger charge is 2.12. The lowest BCUT2D eigenvalue weighted by molar-refractivity contribution is -0.384. The molecule has 1 aromatic carbocycles. The molecule has 1 aromatic heterocycles. The van der Waals surface area contributed by atoms with Gasteiger partial charge in [-0.05, 0) is 0 Å². The second-order valence-electron chi connectivity index (χ2n) is 2.92. The van der Waals surface area contributed by atoms with E-state index in [0.717, 1.165) is 0 Å². The lowest BCUT2D eigenvalue weighted by Crippen LogP contribution is -1.89. The van der Waals surface area contributed by atoms with Crippen LogP contribution in [0.5, 0.6) is 0 Å². The van der Waals surface area contributed by atoms with Crippen LogP contribution in [0.3, 0.4) is 0 Å². The van der Waals surface area contributed by atoms with Gasteiger partial charge in [-0.1, -0.05) is 17.3 Å². The molecule has 76 valence electrons. The molecule has 2 N–H and O–H groups in total. The Labute approximate surface area is 84.4 Å². The van der Waals surface area contributed by atoms with E-state index in [1.807, 2.05) is 0 Å². The molecule has 0 atom stereocenters. The summed E-state index contributed by atoms with van der Waals surface area (Å²) in [6.07, 6.45) is 1.36. The number of benzene rings is 1. The Balaban J connectivity index is 2.50. The maximum Gasteiger partial charge on any atom is 0.270 e. The van der Waals surface area contributed by atoms with E-state index in [2.05, 4.69) is 5.16 Å². The first-order chi connectivity index (χ1) is 7.18. The molecule has 0 saturated carbocycles. The summed E-state index contributed by atoms with van der Waals surface area (Å²) in [5, 5.41) is 14.0. The zero-order valence-corrected chi connectivity index (χ0v) is 7.58. The minimum atomic E-state index is -0.476. The van der Waals surface area contributed by atoms with E-state index in [1.165, 1.54) is 18.3 Å². The molecule has 1 heterocycles. The van der Waals surface area contributed by atoms with Gasteiger partial charge in [-0.2, -0.15) is 0 Å². The molecule has 15 heavy (non-hydrogen) atoms. The van der Waals surface area contributed by atoms with Crippen molar-refractivity contribution in [2.75, 3.05) is 5.73 Å². The molecule has 0 aliphatic rings. The smallest absolute Gasteiger partial charge is 0.270 e. The summed E-state index contributed by atoms with van der Waals surface area (Å²) in [5.41, 5.74) is 6.46. The van der Waals surface area contributed by atoms with Crippen LogP contribution in [-0.2, 0) is 0 Å². The van der Waals surface area contributed by atoms with Gasteiger partial charge in [-0.15, -0.1) is 0 Å². The zero-order chi connectivity index (χ0) is 10.8. The third kappa shape index (κ3) is 1.64. The second-order valence-corrected chi connectivity index (χ2v) is 2.92. The number of rotatable bonds is 2. The number of nitrogen functional groups attached to an aromatic ring is 1. The van der Waals surface area contributed by atoms with E-state index in [1.54, 1.807) is 12.1 Å². The fourth-order valence-corrected chi connectivity index (χ4v) is 1.23. The maximum atomic E-state index is 10.5. The third-order valence-corrected chi connectivity index (χ3v) is 1.92. The fourth-order valence-electron chi connectivity index (χ4n) is 1.23. The molecule has 6 nitrogen and oxygen atoms in total. The van der Waals surface area contributed by atoms with E-state index >= 15 is 0 Å². The largest absolute Gasteiger partial charge is 0.394 e. The van der Waals surface area contributed by atoms with Crippen LogP contribution in [0, 0.1) is 10.1 Å². The van der Waals surface area contributed by atoms with Crippen molar-refractivity contribution in [2.45, 2.75) is 0 Å². The van der Waals surface area contributed by atoms with Crippen molar-refractivity contribution >= 4 is 11.4 Å². The summed E-state index contributed by atoms with van der Waals surface area (Å²) >= 11 is 0. The predicted octanol–water partition coefficient (Wildman–Crippen LogP) is 1.83. The molecule has 6 heteroatoms. The van der Waals surface area contributed by atoms with E-state index in [0.29, 0.717) is 17.0 Å². The van der Waals surface area contributed by atoms with Gasteiger partial charge in [0.05, 0.1) is 11.1 Å². The zero-order valence-electron chi connectivity index (χ0n) is 7.58. The van der Waals surface area contributed by atoms with Gasteiger partial charge in [0.15, 0.2) is 5.76 Å². The molecular formula is C9H7N3O3. The van der Waals surface area contributed by atoms with Crippen molar-refractivity contribution in [3.05, 3.63) is 40.6 Å². The highest BCUT2D eigenvalue weighted by Crippen LogP contribution is 2.27. The molecule has 0 aliphatic heterocycles. The van der Waals surface area contributed by atoms with E-state index in [-0.39, 0.29) is 5.69 Å². The van der Waals surface area contributed by atoms with Gasteiger partial charge in [0.2, 0.25) is 0 Å². The van der Waals surface area contributed by atoms with E-state index < -0.39 is 4.92 Å². The average molecular weight is 205 g/mol. The topological polar surface area (TPSA) is 95.2 Å².